The van der Waals surface area contributed by atoms with Crippen molar-refractivity contribution in [2.24, 2.45) is 5.92 Å². The molecule has 3 aromatic rings. The van der Waals surface area contributed by atoms with E-state index in [2.05, 4.69) is 39.9 Å². The van der Waals surface area contributed by atoms with Gasteiger partial charge in [0.25, 0.3) is 0 Å². The number of pyridine rings is 1. The maximum Gasteiger partial charge on any atom is 0.407 e. The molecule has 3 N–H and O–H groups in total. The minimum atomic E-state index is -1.12. The number of hydrogen-bond donors (Lipinski definition) is 3. The van der Waals surface area contributed by atoms with Gasteiger partial charge in [-0.3, -0.25) is 9.78 Å². The van der Waals surface area contributed by atoms with Crippen molar-refractivity contribution in [1.29, 1.82) is 0 Å². The fraction of sp³-hybridized carbons (Fsp3) is 0.259. The van der Waals surface area contributed by atoms with Crippen LogP contribution in [0.1, 0.15) is 46.7 Å². The zero-order chi connectivity index (χ0) is 24.4. The molecule has 1 fully saturated rings. The highest BCUT2D eigenvalue weighted by molar-refractivity contribution is 5.94. The van der Waals surface area contributed by atoms with Gasteiger partial charge in [-0.15, -0.1) is 0 Å². The van der Waals surface area contributed by atoms with Crippen LogP contribution in [0.2, 0.25) is 0 Å². The number of nitrogens with zero attached hydrogens (tertiary/aromatic N) is 1. The Labute approximate surface area is 202 Å². The van der Waals surface area contributed by atoms with Crippen molar-refractivity contribution in [3.05, 3.63) is 83.7 Å². The molecular weight excluding hydrogens is 446 g/mol. The molecule has 8 heteroatoms. The molecule has 2 amide bonds. The Kier molecular flexibility index (Phi) is 6.18. The molecule has 2 aliphatic carbocycles. The van der Waals surface area contributed by atoms with Crippen molar-refractivity contribution in [2.75, 3.05) is 11.9 Å². The van der Waals surface area contributed by atoms with Crippen LogP contribution in [0.25, 0.3) is 11.1 Å². The molecule has 1 aromatic heterocycles. The number of ether oxygens (including phenoxy) is 1. The van der Waals surface area contributed by atoms with E-state index in [4.69, 9.17) is 9.84 Å². The van der Waals surface area contributed by atoms with Gasteiger partial charge in [0.2, 0.25) is 5.91 Å². The van der Waals surface area contributed by atoms with Gasteiger partial charge in [0.1, 0.15) is 6.61 Å². The number of fused-ring (bicyclic) bond motifs is 3. The van der Waals surface area contributed by atoms with Gasteiger partial charge >= 0.3 is 12.1 Å². The first-order valence-electron chi connectivity index (χ1n) is 11.6. The monoisotopic (exact) mass is 471 g/mol. The number of anilines is 1. The Hall–Kier alpha value is -4.20. The zero-order valence-electron chi connectivity index (χ0n) is 18.9. The Morgan fingerprint density at radius 2 is 1.66 bits per heavy atom. The third kappa shape index (κ3) is 5.01. The maximum absolute atomic E-state index is 12.7. The number of nitrogens with one attached hydrogen (secondary N) is 2. The summed E-state index contributed by atoms with van der Waals surface area (Å²) in [5.74, 6) is -1.28. The van der Waals surface area contributed by atoms with Gasteiger partial charge in [-0.25, -0.2) is 9.59 Å². The van der Waals surface area contributed by atoms with Crippen molar-refractivity contribution in [3.63, 3.8) is 0 Å². The van der Waals surface area contributed by atoms with Gasteiger partial charge in [-0.1, -0.05) is 48.5 Å². The predicted molar refractivity (Wildman–Crippen MR) is 129 cm³/mol. The third-order valence-electron chi connectivity index (χ3n) is 6.51. The van der Waals surface area contributed by atoms with Crippen LogP contribution < -0.4 is 10.6 Å². The summed E-state index contributed by atoms with van der Waals surface area (Å²) in [5, 5.41) is 14.6. The average molecular weight is 472 g/mol. The lowest BCUT2D eigenvalue weighted by atomic mass is 9.98. The Morgan fingerprint density at radius 3 is 2.29 bits per heavy atom. The van der Waals surface area contributed by atoms with Crippen LogP contribution in [0.3, 0.4) is 0 Å². The lowest BCUT2D eigenvalue weighted by molar-refractivity contribution is -0.116. The molecular formula is C27H25N3O5. The second kappa shape index (κ2) is 9.58. The molecule has 0 aliphatic heterocycles. The SMILES string of the molecule is O=C(CC(NC(=O)OCC1c2ccccc2-c2ccccc21)C1CC1)Nc1cncc(C(=O)O)c1. The van der Waals surface area contributed by atoms with Gasteiger partial charge in [-0.2, -0.15) is 0 Å². The Morgan fingerprint density at radius 1 is 1.00 bits per heavy atom. The van der Waals surface area contributed by atoms with E-state index in [1.807, 2.05) is 24.3 Å². The molecule has 1 heterocycles. The van der Waals surface area contributed by atoms with E-state index in [9.17, 15) is 14.4 Å². The first-order valence-corrected chi connectivity index (χ1v) is 11.6. The minimum absolute atomic E-state index is 0.0155. The molecule has 2 aliphatic rings. The zero-order valence-corrected chi connectivity index (χ0v) is 18.9. The van der Waals surface area contributed by atoms with Crippen molar-refractivity contribution in [2.45, 2.75) is 31.2 Å². The lowest BCUT2D eigenvalue weighted by Gasteiger charge is -2.19. The predicted octanol–water partition coefficient (Wildman–Crippen LogP) is 4.43. The van der Waals surface area contributed by atoms with Crippen LogP contribution in [0.15, 0.2) is 67.0 Å². The van der Waals surface area contributed by atoms with E-state index < -0.39 is 12.1 Å². The van der Waals surface area contributed by atoms with Gasteiger partial charge in [0, 0.05) is 24.6 Å². The van der Waals surface area contributed by atoms with E-state index in [0.29, 0.717) is 5.69 Å². The summed E-state index contributed by atoms with van der Waals surface area (Å²) in [4.78, 5) is 40.2. The number of carbonyl (C=O) groups is 3. The van der Waals surface area contributed by atoms with E-state index in [1.165, 1.54) is 18.5 Å². The highest BCUT2D eigenvalue weighted by atomic mass is 16.5. The topological polar surface area (TPSA) is 118 Å². The van der Waals surface area contributed by atoms with E-state index in [1.54, 1.807) is 0 Å². The number of benzene rings is 2. The van der Waals surface area contributed by atoms with Gasteiger partial charge in [0.15, 0.2) is 0 Å². The van der Waals surface area contributed by atoms with Crippen LogP contribution >= 0.6 is 0 Å². The number of alkyl carbamates (subject to hydrolysis) is 1. The molecule has 1 unspecified atom stereocenters. The molecule has 2 aromatic carbocycles. The summed E-state index contributed by atoms with van der Waals surface area (Å²) in [5.41, 5.74) is 4.87. The van der Waals surface area contributed by atoms with Crippen molar-refractivity contribution in [3.8, 4) is 11.1 Å². The fourth-order valence-electron chi connectivity index (χ4n) is 4.66. The van der Waals surface area contributed by atoms with Crippen LogP contribution in [0, 0.1) is 5.92 Å². The van der Waals surface area contributed by atoms with Crippen LogP contribution in [0.5, 0.6) is 0 Å². The third-order valence-corrected chi connectivity index (χ3v) is 6.51. The van der Waals surface area contributed by atoms with Gasteiger partial charge in [0.05, 0.1) is 17.4 Å². The molecule has 8 nitrogen and oxygen atoms in total. The quantitative estimate of drug-likeness (QED) is 0.448. The van der Waals surface area contributed by atoms with Crippen molar-refractivity contribution in [1.82, 2.24) is 10.3 Å². The summed E-state index contributed by atoms with van der Waals surface area (Å²) < 4.78 is 5.63. The smallest absolute Gasteiger partial charge is 0.407 e. The second-order valence-electron chi connectivity index (χ2n) is 8.93. The largest absolute Gasteiger partial charge is 0.478 e. The summed E-state index contributed by atoms with van der Waals surface area (Å²) >= 11 is 0. The molecule has 0 saturated heterocycles. The average Bonchev–Trinajstić information content (AvgIpc) is 3.65. The second-order valence-corrected chi connectivity index (χ2v) is 8.93. The number of amides is 2. The first-order chi connectivity index (χ1) is 17.0. The number of aromatic nitrogens is 1. The summed E-state index contributed by atoms with van der Waals surface area (Å²) in [6.07, 6.45) is 3.96. The van der Waals surface area contributed by atoms with Crippen LogP contribution in [0.4, 0.5) is 10.5 Å². The molecule has 0 radical (unpaired) electrons. The molecule has 0 spiro atoms. The van der Waals surface area contributed by atoms with E-state index >= 15 is 0 Å². The Balaban J connectivity index is 1.19. The van der Waals surface area contributed by atoms with Crippen molar-refractivity contribution < 1.29 is 24.2 Å². The van der Waals surface area contributed by atoms with Gasteiger partial charge < -0.3 is 20.5 Å². The van der Waals surface area contributed by atoms with E-state index in [0.717, 1.165) is 35.1 Å². The number of carboxylic acid groups (broad SMARTS) is 1. The highest BCUT2D eigenvalue weighted by Crippen LogP contribution is 2.44. The number of rotatable bonds is 8. The number of carboxylic acids is 1. The minimum Gasteiger partial charge on any atom is -0.478 e. The summed E-state index contributed by atoms with van der Waals surface area (Å²) in [6, 6.07) is 17.3. The highest BCUT2D eigenvalue weighted by Gasteiger charge is 2.35. The molecule has 35 heavy (non-hydrogen) atoms. The first kappa shape index (κ1) is 22.6. The van der Waals surface area contributed by atoms with E-state index in [-0.39, 0.29) is 42.4 Å². The number of carbonyl (C=O) groups excluding carboxylic acids is 2. The molecule has 5 rings (SSSR count). The summed E-state index contributed by atoms with van der Waals surface area (Å²) in [7, 11) is 0. The standard InChI is InChI=1S/C27H25N3O5/c31-25(29-18-11-17(26(32)33)13-28-14-18)12-24(16-9-10-16)30-27(34)35-15-23-21-7-3-1-5-19(21)20-6-2-4-8-22(20)23/h1-8,11,13-14,16,23-24H,9-10,12,15H2,(H,29,31)(H,30,34)(H,32,33). The normalized spacial score (nSPS) is 15.0. The Bertz CT molecular complexity index is 1240. The molecule has 178 valence electrons. The maximum atomic E-state index is 12.7. The van der Waals surface area contributed by atoms with Crippen molar-refractivity contribution >= 4 is 23.7 Å². The van der Waals surface area contributed by atoms with Crippen LogP contribution in [-0.4, -0.2) is 40.7 Å². The number of aromatic carboxylic acids is 1. The molecule has 1 atom stereocenters. The lowest BCUT2D eigenvalue weighted by Crippen LogP contribution is -2.40. The van der Waals surface area contributed by atoms with Crippen LogP contribution in [-0.2, 0) is 9.53 Å². The molecule has 1 saturated carbocycles. The fourth-order valence-corrected chi connectivity index (χ4v) is 4.66. The number of hydrogen-bond acceptors (Lipinski definition) is 5. The van der Waals surface area contributed by atoms with Gasteiger partial charge in [-0.05, 0) is 47.1 Å². The summed E-state index contributed by atoms with van der Waals surface area (Å²) in [6.45, 7) is 0.205. The molecule has 0 bridgehead atoms.